The summed E-state index contributed by atoms with van der Waals surface area (Å²) in [5.41, 5.74) is 1.02. The Morgan fingerprint density at radius 3 is 2.71 bits per heavy atom. The molecule has 21 heavy (non-hydrogen) atoms. The predicted octanol–water partition coefficient (Wildman–Crippen LogP) is 3.47. The number of halogens is 3. The van der Waals surface area contributed by atoms with Gasteiger partial charge in [-0.15, -0.1) is 0 Å². The predicted molar refractivity (Wildman–Crippen MR) is 74.8 cm³/mol. The second kappa shape index (κ2) is 6.47. The van der Waals surface area contributed by atoms with Crippen LogP contribution in [0.4, 0.5) is 18.9 Å². The zero-order valence-electron chi connectivity index (χ0n) is 11.8. The van der Waals surface area contributed by atoms with Gasteiger partial charge in [-0.25, -0.2) is 0 Å². The lowest BCUT2D eigenvalue weighted by atomic mass is 10.1. The molecule has 1 aliphatic rings. The summed E-state index contributed by atoms with van der Waals surface area (Å²) in [6.07, 6.45) is -1.32. The molecule has 0 saturated heterocycles. The van der Waals surface area contributed by atoms with E-state index >= 15 is 0 Å². The molecular weight excluding hydrogens is 281 g/mol. The standard InChI is InChI=1S/C15H19F3N2O/c1-10-4-2-7-13(10)19-9-11-5-3-6-12(8-11)20-14(21)15(16,17)18/h3,5-6,8,10,13,19H,2,4,7,9H2,1H3,(H,20,21). The Morgan fingerprint density at radius 1 is 1.33 bits per heavy atom. The molecule has 1 aliphatic carbocycles. The molecule has 1 saturated carbocycles. The van der Waals surface area contributed by atoms with Crippen LogP contribution in [0.3, 0.4) is 0 Å². The topological polar surface area (TPSA) is 41.1 Å². The van der Waals surface area contributed by atoms with Crippen LogP contribution in [0, 0.1) is 5.92 Å². The largest absolute Gasteiger partial charge is 0.471 e. The summed E-state index contributed by atoms with van der Waals surface area (Å²) in [6.45, 7) is 2.79. The van der Waals surface area contributed by atoms with E-state index in [-0.39, 0.29) is 5.69 Å². The van der Waals surface area contributed by atoms with Crippen LogP contribution in [0.15, 0.2) is 24.3 Å². The van der Waals surface area contributed by atoms with E-state index in [9.17, 15) is 18.0 Å². The van der Waals surface area contributed by atoms with Crippen molar-refractivity contribution in [2.75, 3.05) is 5.32 Å². The second-order valence-electron chi connectivity index (χ2n) is 5.55. The highest BCUT2D eigenvalue weighted by Gasteiger charge is 2.38. The van der Waals surface area contributed by atoms with Crippen LogP contribution >= 0.6 is 0 Å². The van der Waals surface area contributed by atoms with Crippen molar-refractivity contribution >= 4 is 11.6 Å². The molecule has 1 aromatic rings. The first-order valence-electron chi connectivity index (χ1n) is 7.07. The monoisotopic (exact) mass is 300 g/mol. The molecule has 0 bridgehead atoms. The van der Waals surface area contributed by atoms with Gasteiger partial charge in [0.1, 0.15) is 0 Å². The normalized spacial score (nSPS) is 22.3. The van der Waals surface area contributed by atoms with Crippen molar-refractivity contribution in [3.63, 3.8) is 0 Å². The van der Waals surface area contributed by atoms with E-state index < -0.39 is 12.1 Å². The van der Waals surface area contributed by atoms with Gasteiger partial charge in [-0.05, 0) is 36.5 Å². The van der Waals surface area contributed by atoms with E-state index in [1.165, 1.54) is 18.9 Å². The molecule has 2 N–H and O–H groups in total. The van der Waals surface area contributed by atoms with Crippen LogP contribution < -0.4 is 10.6 Å². The number of hydrogen-bond donors (Lipinski definition) is 2. The molecule has 3 nitrogen and oxygen atoms in total. The van der Waals surface area contributed by atoms with Crippen molar-refractivity contribution in [2.45, 2.75) is 44.9 Å². The average Bonchev–Trinajstić information content (AvgIpc) is 2.81. The molecule has 0 spiro atoms. The first-order chi connectivity index (χ1) is 9.86. The highest BCUT2D eigenvalue weighted by atomic mass is 19.4. The fourth-order valence-electron chi connectivity index (χ4n) is 2.66. The summed E-state index contributed by atoms with van der Waals surface area (Å²) in [4.78, 5) is 10.9. The summed E-state index contributed by atoms with van der Waals surface area (Å²) >= 11 is 0. The Labute approximate surface area is 121 Å². The molecule has 2 atom stereocenters. The zero-order valence-corrected chi connectivity index (χ0v) is 11.8. The molecule has 0 aliphatic heterocycles. The number of amides is 1. The van der Waals surface area contributed by atoms with Crippen molar-refractivity contribution in [3.8, 4) is 0 Å². The molecule has 2 unspecified atom stereocenters. The van der Waals surface area contributed by atoms with Crippen LogP contribution in [0.1, 0.15) is 31.7 Å². The third-order valence-corrected chi connectivity index (χ3v) is 3.87. The van der Waals surface area contributed by atoms with Crippen molar-refractivity contribution < 1.29 is 18.0 Å². The SMILES string of the molecule is CC1CCCC1NCc1cccc(NC(=O)C(F)(F)F)c1. The summed E-state index contributed by atoms with van der Waals surface area (Å²) in [5.74, 6) is -1.32. The fourth-order valence-corrected chi connectivity index (χ4v) is 2.66. The third-order valence-electron chi connectivity index (χ3n) is 3.87. The lowest BCUT2D eigenvalue weighted by Gasteiger charge is -2.17. The maximum absolute atomic E-state index is 12.2. The zero-order chi connectivity index (χ0) is 15.5. The molecule has 1 amide bonds. The van der Waals surface area contributed by atoms with E-state index in [0.29, 0.717) is 18.5 Å². The number of rotatable bonds is 4. The maximum atomic E-state index is 12.2. The number of nitrogens with one attached hydrogen (secondary N) is 2. The van der Waals surface area contributed by atoms with Gasteiger partial charge >= 0.3 is 12.1 Å². The summed E-state index contributed by atoms with van der Waals surface area (Å²) in [7, 11) is 0. The molecular formula is C15H19F3N2O. The Balaban J connectivity index is 1.93. The van der Waals surface area contributed by atoms with Crippen LogP contribution in [-0.2, 0) is 11.3 Å². The van der Waals surface area contributed by atoms with E-state index in [1.807, 2.05) is 11.4 Å². The minimum absolute atomic E-state index is 0.163. The lowest BCUT2D eigenvalue weighted by molar-refractivity contribution is -0.167. The van der Waals surface area contributed by atoms with E-state index in [0.717, 1.165) is 12.0 Å². The minimum Gasteiger partial charge on any atom is -0.318 e. The molecule has 116 valence electrons. The summed E-state index contributed by atoms with van der Waals surface area (Å²) in [6, 6.07) is 6.94. The number of anilines is 1. The van der Waals surface area contributed by atoms with Gasteiger partial charge < -0.3 is 10.6 Å². The van der Waals surface area contributed by atoms with Gasteiger partial charge in [0.2, 0.25) is 0 Å². The van der Waals surface area contributed by atoms with E-state index in [4.69, 9.17) is 0 Å². The number of alkyl halides is 3. The molecule has 2 rings (SSSR count). The Morgan fingerprint density at radius 2 is 2.10 bits per heavy atom. The summed E-state index contributed by atoms with van der Waals surface area (Å²) in [5, 5.41) is 5.29. The van der Waals surface area contributed by atoms with Crippen LogP contribution in [0.25, 0.3) is 0 Å². The van der Waals surface area contributed by atoms with Gasteiger partial charge in [0.25, 0.3) is 0 Å². The molecule has 6 heteroatoms. The van der Waals surface area contributed by atoms with Gasteiger partial charge in [0.15, 0.2) is 0 Å². The first kappa shape index (κ1) is 15.8. The van der Waals surface area contributed by atoms with Crippen LogP contribution in [0.5, 0.6) is 0 Å². The molecule has 1 fully saturated rings. The van der Waals surface area contributed by atoms with Gasteiger partial charge in [-0.2, -0.15) is 13.2 Å². The van der Waals surface area contributed by atoms with E-state index in [2.05, 4.69) is 12.2 Å². The van der Waals surface area contributed by atoms with Gasteiger partial charge in [0.05, 0.1) is 0 Å². The molecule has 1 aromatic carbocycles. The highest BCUT2D eigenvalue weighted by molar-refractivity contribution is 5.94. The Bertz CT molecular complexity index is 502. The van der Waals surface area contributed by atoms with Gasteiger partial charge in [-0.1, -0.05) is 25.5 Å². The quantitative estimate of drug-likeness (QED) is 0.894. The smallest absolute Gasteiger partial charge is 0.318 e. The van der Waals surface area contributed by atoms with Gasteiger partial charge in [0, 0.05) is 18.3 Å². The molecule has 0 aromatic heterocycles. The van der Waals surface area contributed by atoms with Crippen LogP contribution in [-0.4, -0.2) is 18.1 Å². The lowest BCUT2D eigenvalue weighted by Crippen LogP contribution is -2.31. The van der Waals surface area contributed by atoms with Crippen molar-refractivity contribution in [1.29, 1.82) is 0 Å². The van der Waals surface area contributed by atoms with Gasteiger partial charge in [-0.3, -0.25) is 4.79 Å². The molecule has 0 heterocycles. The van der Waals surface area contributed by atoms with Crippen molar-refractivity contribution in [2.24, 2.45) is 5.92 Å². The number of carbonyl (C=O) groups is 1. The molecule has 0 radical (unpaired) electrons. The minimum atomic E-state index is -4.87. The Hall–Kier alpha value is -1.56. The number of benzene rings is 1. The Kier molecular flexibility index (Phi) is 4.88. The second-order valence-corrected chi connectivity index (χ2v) is 5.55. The highest BCUT2D eigenvalue weighted by Crippen LogP contribution is 2.25. The average molecular weight is 300 g/mol. The maximum Gasteiger partial charge on any atom is 0.471 e. The number of carbonyl (C=O) groups excluding carboxylic acids is 1. The van der Waals surface area contributed by atoms with Crippen LogP contribution in [0.2, 0.25) is 0 Å². The summed E-state index contributed by atoms with van der Waals surface area (Å²) < 4.78 is 36.6. The third kappa shape index (κ3) is 4.46. The van der Waals surface area contributed by atoms with Crippen molar-refractivity contribution in [1.82, 2.24) is 5.32 Å². The number of hydrogen-bond acceptors (Lipinski definition) is 2. The van der Waals surface area contributed by atoms with Crippen molar-refractivity contribution in [3.05, 3.63) is 29.8 Å². The van der Waals surface area contributed by atoms with E-state index in [1.54, 1.807) is 12.1 Å². The first-order valence-corrected chi connectivity index (χ1v) is 7.07. The fraction of sp³-hybridized carbons (Fsp3) is 0.533.